The van der Waals surface area contributed by atoms with Crippen LogP contribution in [0.25, 0.3) is 16.9 Å². The Balaban J connectivity index is 1.83. The summed E-state index contributed by atoms with van der Waals surface area (Å²) in [6.45, 7) is 0.811. The molecular weight excluding hydrogens is 341 g/mol. The molecule has 1 aliphatic heterocycles. The van der Waals surface area contributed by atoms with Crippen LogP contribution in [0.3, 0.4) is 0 Å². The number of nitrogens with one attached hydrogen (secondary N) is 1. The van der Waals surface area contributed by atoms with Crippen molar-refractivity contribution in [2.75, 3.05) is 11.9 Å². The number of hydrogen-bond donors (Lipinski definition) is 1. The molecule has 26 heavy (non-hydrogen) atoms. The molecule has 7 heteroatoms. The minimum atomic E-state index is -4.35. The lowest BCUT2D eigenvalue weighted by Gasteiger charge is -2.11. The number of benzene rings is 1. The molecule has 1 N–H and O–H groups in total. The molecular formula is C19H17F3N4. The van der Waals surface area contributed by atoms with E-state index in [1.54, 1.807) is 17.1 Å². The Morgan fingerprint density at radius 1 is 1.04 bits per heavy atom. The highest BCUT2D eigenvalue weighted by atomic mass is 19.4. The number of pyridine rings is 1. The average Bonchev–Trinajstić information content (AvgIpc) is 2.83. The van der Waals surface area contributed by atoms with Crippen LogP contribution in [0.4, 0.5) is 19.0 Å². The van der Waals surface area contributed by atoms with Crippen molar-refractivity contribution in [1.82, 2.24) is 14.8 Å². The second kappa shape index (κ2) is 6.48. The minimum Gasteiger partial charge on any atom is -0.370 e. The maximum atomic E-state index is 12.8. The lowest BCUT2D eigenvalue weighted by Crippen LogP contribution is -2.08. The van der Waals surface area contributed by atoms with E-state index in [1.807, 2.05) is 12.1 Å². The van der Waals surface area contributed by atoms with E-state index >= 15 is 0 Å². The van der Waals surface area contributed by atoms with Crippen molar-refractivity contribution < 1.29 is 13.2 Å². The van der Waals surface area contributed by atoms with E-state index in [4.69, 9.17) is 5.10 Å². The highest BCUT2D eigenvalue weighted by Crippen LogP contribution is 2.35. The molecule has 0 bridgehead atoms. The van der Waals surface area contributed by atoms with E-state index in [1.165, 1.54) is 12.1 Å². The van der Waals surface area contributed by atoms with E-state index in [0.29, 0.717) is 5.69 Å². The highest BCUT2D eigenvalue weighted by molar-refractivity contribution is 5.70. The average molecular weight is 358 g/mol. The fraction of sp³-hybridized carbons (Fsp3) is 0.263. The van der Waals surface area contributed by atoms with E-state index in [-0.39, 0.29) is 0 Å². The van der Waals surface area contributed by atoms with Crippen molar-refractivity contribution in [3.63, 3.8) is 0 Å². The van der Waals surface area contributed by atoms with E-state index in [2.05, 4.69) is 10.3 Å². The van der Waals surface area contributed by atoms with Gasteiger partial charge < -0.3 is 5.32 Å². The molecule has 0 aliphatic carbocycles. The van der Waals surface area contributed by atoms with Gasteiger partial charge in [0.25, 0.3) is 0 Å². The molecule has 2 aromatic heterocycles. The SMILES string of the molecule is FC(F)(F)c1ccc(-n2nc(-c3cccnc3)c3c2NCCCC3)cc1. The first kappa shape index (κ1) is 16.6. The van der Waals surface area contributed by atoms with Gasteiger partial charge in [-0.15, -0.1) is 0 Å². The third-order valence-electron chi connectivity index (χ3n) is 4.50. The van der Waals surface area contributed by atoms with Gasteiger partial charge in [-0.05, 0) is 55.7 Å². The number of rotatable bonds is 2. The molecule has 1 aromatic carbocycles. The molecule has 0 saturated carbocycles. The van der Waals surface area contributed by atoms with Gasteiger partial charge in [-0.2, -0.15) is 18.3 Å². The summed E-state index contributed by atoms with van der Waals surface area (Å²) < 4.78 is 40.2. The number of fused-ring (bicyclic) bond motifs is 1. The summed E-state index contributed by atoms with van der Waals surface area (Å²) in [4.78, 5) is 4.16. The van der Waals surface area contributed by atoms with Gasteiger partial charge in [0.15, 0.2) is 0 Å². The van der Waals surface area contributed by atoms with Crippen LogP contribution in [0.1, 0.15) is 24.0 Å². The minimum absolute atomic E-state index is 0.596. The maximum absolute atomic E-state index is 12.8. The molecule has 0 atom stereocenters. The Kier molecular flexibility index (Phi) is 4.14. The van der Waals surface area contributed by atoms with Crippen LogP contribution in [0.15, 0.2) is 48.8 Å². The zero-order valence-electron chi connectivity index (χ0n) is 13.9. The van der Waals surface area contributed by atoms with Crippen molar-refractivity contribution in [3.05, 3.63) is 59.9 Å². The summed E-state index contributed by atoms with van der Waals surface area (Å²) in [6, 6.07) is 8.87. The van der Waals surface area contributed by atoms with Crippen LogP contribution in [0, 0.1) is 0 Å². The Morgan fingerprint density at radius 3 is 2.54 bits per heavy atom. The predicted molar refractivity (Wildman–Crippen MR) is 93.2 cm³/mol. The van der Waals surface area contributed by atoms with E-state index in [9.17, 15) is 13.2 Å². The summed E-state index contributed by atoms with van der Waals surface area (Å²) in [6.07, 6.45) is 2.05. The second-order valence-corrected chi connectivity index (χ2v) is 6.26. The van der Waals surface area contributed by atoms with Crippen molar-refractivity contribution in [1.29, 1.82) is 0 Å². The van der Waals surface area contributed by atoms with Crippen LogP contribution in [-0.4, -0.2) is 21.3 Å². The third-order valence-corrected chi connectivity index (χ3v) is 4.50. The molecule has 1 aliphatic rings. The molecule has 0 fully saturated rings. The van der Waals surface area contributed by atoms with Gasteiger partial charge in [-0.3, -0.25) is 4.98 Å². The summed E-state index contributed by atoms with van der Waals surface area (Å²) in [7, 11) is 0. The topological polar surface area (TPSA) is 42.7 Å². The Labute approximate surface area is 148 Å². The summed E-state index contributed by atoms with van der Waals surface area (Å²) >= 11 is 0. The lowest BCUT2D eigenvalue weighted by molar-refractivity contribution is -0.137. The normalized spacial score (nSPS) is 14.4. The van der Waals surface area contributed by atoms with Gasteiger partial charge >= 0.3 is 6.18 Å². The van der Waals surface area contributed by atoms with Crippen LogP contribution in [-0.2, 0) is 12.6 Å². The van der Waals surface area contributed by atoms with Crippen LogP contribution >= 0.6 is 0 Å². The van der Waals surface area contributed by atoms with Gasteiger partial charge in [-0.25, -0.2) is 4.68 Å². The Morgan fingerprint density at radius 2 is 1.85 bits per heavy atom. The molecule has 134 valence electrons. The first-order valence-electron chi connectivity index (χ1n) is 8.48. The third kappa shape index (κ3) is 3.05. The second-order valence-electron chi connectivity index (χ2n) is 6.26. The molecule has 4 rings (SSSR count). The summed E-state index contributed by atoms with van der Waals surface area (Å²) in [5.74, 6) is 0.848. The molecule has 4 nitrogen and oxygen atoms in total. The molecule has 0 saturated heterocycles. The number of nitrogens with zero attached hydrogens (tertiary/aromatic N) is 3. The monoisotopic (exact) mass is 358 g/mol. The van der Waals surface area contributed by atoms with Crippen LogP contribution < -0.4 is 5.32 Å². The molecule has 3 aromatic rings. The van der Waals surface area contributed by atoms with Crippen LogP contribution in [0.2, 0.25) is 0 Å². The summed E-state index contributed by atoms with van der Waals surface area (Å²) in [5, 5.41) is 8.08. The molecule has 3 heterocycles. The van der Waals surface area contributed by atoms with Crippen LogP contribution in [0.5, 0.6) is 0 Å². The first-order chi connectivity index (χ1) is 12.5. The molecule has 0 amide bonds. The molecule has 0 unspecified atom stereocenters. The van der Waals surface area contributed by atoms with Crippen molar-refractivity contribution in [3.8, 4) is 16.9 Å². The smallest absolute Gasteiger partial charge is 0.370 e. The lowest BCUT2D eigenvalue weighted by atomic mass is 10.1. The largest absolute Gasteiger partial charge is 0.416 e. The van der Waals surface area contributed by atoms with Crippen molar-refractivity contribution in [2.45, 2.75) is 25.4 Å². The Hall–Kier alpha value is -2.83. The fourth-order valence-electron chi connectivity index (χ4n) is 3.22. The van der Waals surface area contributed by atoms with Gasteiger partial charge in [0, 0.05) is 30.1 Å². The summed E-state index contributed by atoms with van der Waals surface area (Å²) in [5.41, 5.74) is 2.73. The highest BCUT2D eigenvalue weighted by Gasteiger charge is 2.30. The standard InChI is InChI=1S/C19H17F3N4/c20-19(21,22)14-6-8-15(9-7-14)26-18-16(5-1-2-11-24-18)17(25-26)13-4-3-10-23-12-13/h3-4,6-10,12,24H,1-2,5,11H2. The number of anilines is 1. The number of alkyl halides is 3. The Bertz CT molecular complexity index is 899. The van der Waals surface area contributed by atoms with Gasteiger partial charge in [0.2, 0.25) is 0 Å². The first-order valence-corrected chi connectivity index (χ1v) is 8.48. The maximum Gasteiger partial charge on any atom is 0.416 e. The van der Waals surface area contributed by atoms with E-state index in [0.717, 1.165) is 60.6 Å². The van der Waals surface area contributed by atoms with Gasteiger partial charge in [0.1, 0.15) is 5.82 Å². The zero-order valence-corrected chi connectivity index (χ0v) is 13.9. The van der Waals surface area contributed by atoms with Gasteiger partial charge in [-0.1, -0.05) is 0 Å². The fourth-order valence-corrected chi connectivity index (χ4v) is 3.22. The quantitative estimate of drug-likeness (QED) is 0.722. The van der Waals surface area contributed by atoms with E-state index < -0.39 is 11.7 Å². The van der Waals surface area contributed by atoms with Gasteiger partial charge in [0.05, 0.1) is 16.9 Å². The molecule has 0 radical (unpaired) electrons. The zero-order chi connectivity index (χ0) is 18.1. The molecule has 0 spiro atoms. The van der Waals surface area contributed by atoms with Crippen molar-refractivity contribution in [2.24, 2.45) is 0 Å². The number of hydrogen-bond acceptors (Lipinski definition) is 3. The predicted octanol–water partition coefficient (Wildman–Crippen LogP) is 4.70. The number of halogens is 3. The van der Waals surface area contributed by atoms with Crippen molar-refractivity contribution >= 4 is 5.82 Å². The number of aromatic nitrogens is 3.